The number of carbonyl (C=O) groups is 1. The van der Waals surface area contributed by atoms with Crippen LogP contribution in [0.2, 0.25) is 0 Å². The van der Waals surface area contributed by atoms with Crippen LogP contribution in [0.15, 0.2) is 18.2 Å². The lowest BCUT2D eigenvalue weighted by atomic mass is 10.1. The molecule has 1 aliphatic rings. The molecule has 0 radical (unpaired) electrons. The quantitative estimate of drug-likeness (QED) is 0.864. The molecule has 1 aliphatic heterocycles. The molecule has 2 rings (SSSR count). The molecule has 1 saturated heterocycles. The predicted octanol–water partition coefficient (Wildman–Crippen LogP) is 1.29. The molecule has 18 heavy (non-hydrogen) atoms. The SMILES string of the molecule is Cc1cc(NC2CCS(=O)(=O)C2)ccc1C(=O)O. The summed E-state index contributed by atoms with van der Waals surface area (Å²) in [5.41, 5.74) is 1.69. The first kappa shape index (κ1) is 12.9. The van der Waals surface area contributed by atoms with Gasteiger partial charge in [-0.25, -0.2) is 13.2 Å². The van der Waals surface area contributed by atoms with E-state index in [0.29, 0.717) is 12.0 Å². The Morgan fingerprint density at radius 2 is 2.17 bits per heavy atom. The van der Waals surface area contributed by atoms with Crippen molar-refractivity contribution in [2.75, 3.05) is 16.8 Å². The molecule has 1 unspecified atom stereocenters. The van der Waals surface area contributed by atoms with Gasteiger partial charge in [0.2, 0.25) is 0 Å². The van der Waals surface area contributed by atoms with Crippen molar-refractivity contribution in [1.82, 2.24) is 0 Å². The van der Waals surface area contributed by atoms with Crippen molar-refractivity contribution in [3.8, 4) is 0 Å². The van der Waals surface area contributed by atoms with E-state index in [-0.39, 0.29) is 23.1 Å². The summed E-state index contributed by atoms with van der Waals surface area (Å²) >= 11 is 0. The zero-order valence-electron chi connectivity index (χ0n) is 10.0. The van der Waals surface area contributed by atoms with Crippen LogP contribution in [0.25, 0.3) is 0 Å². The molecule has 0 aromatic heterocycles. The predicted molar refractivity (Wildman–Crippen MR) is 68.8 cm³/mol. The van der Waals surface area contributed by atoms with Gasteiger partial charge in [0.25, 0.3) is 0 Å². The highest BCUT2D eigenvalue weighted by Crippen LogP contribution is 2.20. The second kappa shape index (κ2) is 4.61. The Labute approximate surface area is 106 Å². The van der Waals surface area contributed by atoms with E-state index in [4.69, 9.17) is 5.11 Å². The van der Waals surface area contributed by atoms with Crippen molar-refractivity contribution in [3.05, 3.63) is 29.3 Å². The van der Waals surface area contributed by atoms with Crippen LogP contribution >= 0.6 is 0 Å². The summed E-state index contributed by atoms with van der Waals surface area (Å²) in [7, 11) is -2.90. The molecule has 0 spiro atoms. The minimum atomic E-state index is -2.90. The average molecular weight is 269 g/mol. The van der Waals surface area contributed by atoms with E-state index in [2.05, 4.69) is 5.32 Å². The van der Waals surface area contributed by atoms with E-state index in [1.54, 1.807) is 19.1 Å². The van der Waals surface area contributed by atoms with Crippen molar-refractivity contribution in [2.24, 2.45) is 0 Å². The molecule has 98 valence electrons. The van der Waals surface area contributed by atoms with Gasteiger partial charge in [0.05, 0.1) is 17.1 Å². The number of carboxylic acid groups (broad SMARTS) is 1. The zero-order valence-corrected chi connectivity index (χ0v) is 10.8. The summed E-state index contributed by atoms with van der Waals surface area (Å²) < 4.78 is 22.6. The first-order valence-corrected chi connectivity index (χ1v) is 7.50. The fourth-order valence-electron chi connectivity index (χ4n) is 2.14. The van der Waals surface area contributed by atoms with Crippen molar-refractivity contribution >= 4 is 21.5 Å². The Morgan fingerprint density at radius 3 is 2.67 bits per heavy atom. The Bertz CT molecular complexity index is 580. The smallest absolute Gasteiger partial charge is 0.335 e. The van der Waals surface area contributed by atoms with E-state index < -0.39 is 15.8 Å². The summed E-state index contributed by atoms with van der Waals surface area (Å²) in [5.74, 6) is -0.591. The van der Waals surface area contributed by atoms with Crippen LogP contribution in [0, 0.1) is 6.92 Å². The van der Waals surface area contributed by atoms with E-state index in [9.17, 15) is 13.2 Å². The molecule has 0 bridgehead atoms. The van der Waals surface area contributed by atoms with Gasteiger partial charge in [-0.05, 0) is 37.1 Å². The highest BCUT2D eigenvalue weighted by atomic mass is 32.2. The number of hydrogen-bond donors (Lipinski definition) is 2. The van der Waals surface area contributed by atoms with Gasteiger partial charge in [0.15, 0.2) is 9.84 Å². The van der Waals surface area contributed by atoms with Gasteiger partial charge >= 0.3 is 5.97 Å². The Morgan fingerprint density at radius 1 is 1.44 bits per heavy atom. The monoisotopic (exact) mass is 269 g/mol. The summed E-state index contributed by atoms with van der Waals surface area (Å²) in [4.78, 5) is 10.9. The summed E-state index contributed by atoms with van der Waals surface area (Å²) in [6.45, 7) is 1.72. The molecule has 1 aromatic rings. The molecular formula is C12H15NO4S. The molecule has 1 fully saturated rings. The average Bonchev–Trinajstić information content (AvgIpc) is 2.57. The third-order valence-corrected chi connectivity index (χ3v) is 4.83. The summed E-state index contributed by atoms with van der Waals surface area (Å²) in [6, 6.07) is 4.85. The standard InChI is InChI=1S/C12H15NO4S/c1-8-6-9(2-3-11(8)12(14)15)13-10-4-5-18(16,17)7-10/h2-3,6,10,13H,4-5,7H2,1H3,(H,14,15). The van der Waals surface area contributed by atoms with Crippen molar-refractivity contribution in [2.45, 2.75) is 19.4 Å². The minimum absolute atomic E-state index is 0.0786. The number of anilines is 1. The van der Waals surface area contributed by atoms with Crippen LogP contribution in [-0.4, -0.2) is 37.0 Å². The highest BCUT2D eigenvalue weighted by Gasteiger charge is 2.27. The zero-order chi connectivity index (χ0) is 13.3. The maximum atomic E-state index is 11.3. The number of carboxylic acids is 1. The van der Waals surface area contributed by atoms with Crippen molar-refractivity contribution < 1.29 is 18.3 Å². The van der Waals surface area contributed by atoms with E-state index >= 15 is 0 Å². The van der Waals surface area contributed by atoms with Gasteiger partial charge in [0, 0.05) is 11.7 Å². The van der Waals surface area contributed by atoms with Crippen LogP contribution in [0.4, 0.5) is 5.69 Å². The van der Waals surface area contributed by atoms with Gasteiger partial charge in [-0.2, -0.15) is 0 Å². The van der Waals surface area contributed by atoms with E-state index in [1.165, 1.54) is 6.07 Å². The normalized spacial score (nSPS) is 21.7. The number of rotatable bonds is 3. The number of hydrogen-bond acceptors (Lipinski definition) is 4. The molecule has 0 aliphatic carbocycles. The second-order valence-corrected chi connectivity index (χ2v) is 6.81. The van der Waals surface area contributed by atoms with Crippen molar-refractivity contribution in [1.29, 1.82) is 0 Å². The van der Waals surface area contributed by atoms with Gasteiger partial charge in [0.1, 0.15) is 0 Å². The summed E-state index contributed by atoms with van der Waals surface area (Å²) in [6.07, 6.45) is 0.599. The Hall–Kier alpha value is -1.56. The lowest BCUT2D eigenvalue weighted by Crippen LogP contribution is -2.20. The van der Waals surface area contributed by atoms with Crippen LogP contribution < -0.4 is 5.32 Å². The Balaban J connectivity index is 2.12. The molecule has 1 atom stereocenters. The lowest BCUT2D eigenvalue weighted by Gasteiger charge is -2.13. The maximum Gasteiger partial charge on any atom is 0.335 e. The highest BCUT2D eigenvalue weighted by molar-refractivity contribution is 7.91. The number of aryl methyl sites for hydroxylation is 1. The van der Waals surface area contributed by atoms with Crippen LogP contribution in [-0.2, 0) is 9.84 Å². The second-order valence-electron chi connectivity index (χ2n) is 4.58. The summed E-state index contributed by atoms with van der Waals surface area (Å²) in [5, 5.41) is 12.0. The minimum Gasteiger partial charge on any atom is -0.478 e. The van der Waals surface area contributed by atoms with E-state index in [0.717, 1.165) is 5.69 Å². The largest absolute Gasteiger partial charge is 0.478 e. The molecule has 1 aromatic carbocycles. The number of nitrogens with one attached hydrogen (secondary N) is 1. The van der Waals surface area contributed by atoms with Gasteiger partial charge in [-0.3, -0.25) is 0 Å². The third-order valence-electron chi connectivity index (χ3n) is 3.06. The van der Waals surface area contributed by atoms with Crippen LogP contribution in [0.5, 0.6) is 0 Å². The van der Waals surface area contributed by atoms with Gasteiger partial charge in [-0.1, -0.05) is 0 Å². The molecule has 1 heterocycles. The molecule has 0 saturated carbocycles. The fraction of sp³-hybridized carbons (Fsp3) is 0.417. The molecule has 2 N–H and O–H groups in total. The van der Waals surface area contributed by atoms with Crippen LogP contribution in [0.3, 0.4) is 0 Å². The first-order valence-electron chi connectivity index (χ1n) is 5.68. The molecule has 0 amide bonds. The lowest BCUT2D eigenvalue weighted by molar-refractivity contribution is 0.0696. The third kappa shape index (κ3) is 2.81. The van der Waals surface area contributed by atoms with Gasteiger partial charge < -0.3 is 10.4 Å². The number of sulfone groups is 1. The fourth-order valence-corrected chi connectivity index (χ4v) is 3.81. The molecular weight excluding hydrogens is 254 g/mol. The first-order chi connectivity index (χ1) is 8.37. The topological polar surface area (TPSA) is 83.5 Å². The molecule has 6 heteroatoms. The van der Waals surface area contributed by atoms with Gasteiger partial charge in [-0.15, -0.1) is 0 Å². The maximum absolute atomic E-state index is 11.3. The van der Waals surface area contributed by atoms with E-state index in [1.807, 2.05) is 0 Å². The Kier molecular flexibility index (Phi) is 3.30. The number of benzene rings is 1. The molecule has 5 nitrogen and oxygen atoms in total. The number of aromatic carboxylic acids is 1. The van der Waals surface area contributed by atoms with Crippen molar-refractivity contribution in [3.63, 3.8) is 0 Å². The van der Waals surface area contributed by atoms with Crippen LogP contribution in [0.1, 0.15) is 22.3 Å².